The molecule has 0 spiro atoms. The van der Waals surface area contributed by atoms with Gasteiger partial charge in [0.2, 0.25) is 15.9 Å². The van der Waals surface area contributed by atoms with Crippen molar-refractivity contribution in [1.29, 1.82) is 0 Å². The van der Waals surface area contributed by atoms with Gasteiger partial charge < -0.3 is 4.90 Å². The number of hydrogen-bond acceptors (Lipinski definition) is 3. The molecule has 0 aromatic rings. The summed E-state index contributed by atoms with van der Waals surface area (Å²) in [5.41, 5.74) is 0. The van der Waals surface area contributed by atoms with Crippen molar-refractivity contribution in [2.75, 3.05) is 18.8 Å². The number of sulfonamides is 1. The highest BCUT2D eigenvalue weighted by Crippen LogP contribution is 2.13. The average Bonchev–Trinajstić information content (AvgIpc) is 2.78. The van der Waals surface area contributed by atoms with E-state index in [-0.39, 0.29) is 17.6 Å². The van der Waals surface area contributed by atoms with E-state index in [1.54, 1.807) is 11.8 Å². The van der Waals surface area contributed by atoms with Gasteiger partial charge in [0.1, 0.15) is 6.04 Å². The van der Waals surface area contributed by atoms with Crippen LogP contribution in [0.15, 0.2) is 0 Å². The Bertz CT molecular complexity index is 359. The third kappa shape index (κ3) is 3.96. The van der Waals surface area contributed by atoms with Gasteiger partial charge in [0.05, 0.1) is 5.75 Å². The lowest BCUT2D eigenvalue weighted by Gasteiger charge is -2.26. The number of carbonyl (C=O) groups excluding carboxylic acids is 1. The van der Waals surface area contributed by atoms with Gasteiger partial charge in [-0.05, 0) is 25.7 Å². The van der Waals surface area contributed by atoms with Crippen LogP contribution in [0.2, 0.25) is 0 Å². The minimum Gasteiger partial charge on any atom is -0.341 e. The van der Waals surface area contributed by atoms with Crippen molar-refractivity contribution in [3.8, 4) is 0 Å². The van der Waals surface area contributed by atoms with E-state index in [4.69, 9.17) is 0 Å². The van der Waals surface area contributed by atoms with Gasteiger partial charge in [-0.3, -0.25) is 4.79 Å². The van der Waals surface area contributed by atoms with Crippen molar-refractivity contribution in [2.45, 2.75) is 39.7 Å². The lowest BCUT2D eigenvalue weighted by Crippen LogP contribution is -2.50. The molecule has 1 saturated heterocycles. The standard InChI is InChI=1S/C11H22N2O3S/c1-4-17(15,16)12-10(9(2)3)11(14)13-7-5-6-8-13/h9-10,12H,4-8H2,1-3H3/t10-/m0/s1. The maximum atomic E-state index is 12.2. The number of likely N-dealkylation sites (tertiary alicyclic amines) is 1. The summed E-state index contributed by atoms with van der Waals surface area (Å²) in [5.74, 6) is -0.122. The molecule has 1 atom stereocenters. The SMILES string of the molecule is CCS(=O)(=O)N[C@H](C(=O)N1CCCC1)C(C)C. The number of rotatable bonds is 5. The molecule has 0 aromatic heterocycles. The Balaban J connectivity index is 2.75. The molecular weight excluding hydrogens is 240 g/mol. The molecule has 1 N–H and O–H groups in total. The highest BCUT2D eigenvalue weighted by molar-refractivity contribution is 7.89. The van der Waals surface area contributed by atoms with Crippen LogP contribution >= 0.6 is 0 Å². The van der Waals surface area contributed by atoms with E-state index in [1.165, 1.54) is 0 Å². The van der Waals surface area contributed by atoms with E-state index in [0.29, 0.717) is 0 Å². The van der Waals surface area contributed by atoms with E-state index >= 15 is 0 Å². The first-order chi connectivity index (χ1) is 7.87. The molecule has 1 aliphatic rings. The van der Waals surface area contributed by atoms with Crippen LogP contribution in [-0.4, -0.2) is 44.1 Å². The van der Waals surface area contributed by atoms with E-state index in [2.05, 4.69) is 4.72 Å². The summed E-state index contributed by atoms with van der Waals surface area (Å²) in [6.45, 7) is 6.78. The Kier molecular flexibility index (Phi) is 4.94. The maximum Gasteiger partial charge on any atom is 0.241 e. The van der Waals surface area contributed by atoms with Crippen LogP contribution in [-0.2, 0) is 14.8 Å². The van der Waals surface area contributed by atoms with E-state index < -0.39 is 16.1 Å². The highest BCUT2D eigenvalue weighted by Gasteiger charge is 2.31. The number of carbonyl (C=O) groups is 1. The summed E-state index contributed by atoms with van der Waals surface area (Å²) in [6.07, 6.45) is 2.02. The summed E-state index contributed by atoms with van der Waals surface area (Å²) in [5, 5.41) is 0. The quantitative estimate of drug-likeness (QED) is 0.788. The smallest absolute Gasteiger partial charge is 0.241 e. The van der Waals surface area contributed by atoms with Gasteiger partial charge in [-0.1, -0.05) is 13.8 Å². The Morgan fingerprint density at radius 1 is 1.29 bits per heavy atom. The van der Waals surface area contributed by atoms with Crippen molar-refractivity contribution < 1.29 is 13.2 Å². The van der Waals surface area contributed by atoms with Gasteiger partial charge in [0, 0.05) is 13.1 Å². The van der Waals surface area contributed by atoms with Gasteiger partial charge in [-0.15, -0.1) is 0 Å². The van der Waals surface area contributed by atoms with Crippen LogP contribution in [0.3, 0.4) is 0 Å². The Morgan fingerprint density at radius 2 is 1.82 bits per heavy atom. The molecule has 1 aliphatic heterocycles. The number of hydrogen-bond donors (Lipinski definition) is 1. The summed E-state index contributed by atoms with van der Waals surface area (Å²) in [4.78, 5) is 13.9. The lowest BCUT2D eigenvalue weighted by molar-refractivity contribution is -0.132. The largest absolute Gasteiger partial charge is 0.341 e. The van der Waals surface area contributed by atoms with E-state index in [9.17, 15) is 13.2 Å². The summed E-state index contributed by atoms with van der Waals surface area (Å²) < 4.78 is 25.6. The highest BCUT2D eigenvalue weighted by atomic mass is 32.2. The molecular formula is C11H22N2O3S. The fourth-order valence-corrected chi connectivity index (χ4v) is 2.81. The molecule has 1 rings (SSSR count). The van der Waals surface area contributed by atoms with Crippen LogP contribution < -0.4 is 4.72 Å². The Labute approximate surface area is 104 Å². The third-order valence-electron chi connectivity index (χ3n) is 3.04. The van der Waals surface area contributed by atoms with Gasteiger partial charge in [0.15, 0.2) is 0 Å². The first-order valence-electron chi connectivity index (χ1n) is 6.16. The zero-order chi connectivity index (χ0) is 13.1. The van der Waals surface area contributed by atoms with Crippen LogP contribution in [0.5, 0.6) is 0 Å². The zero-order valence-corrected chi connectivity index (χ0v) is 11.6. The normalized spacial score (nSPS) is 18.7. The van der Waals surface area contributed by atoms with Crippen molar-refractivity contribution in [1.82, 2.24) is 9.62 Å². The number of nitrogens with one attached hydrogen (secondary N) is 1. The van der Waals surface area contributed by atoms with E-state index in [0.717, 1.165) is 25.9 Å². The maximum absolute atomic E-state index is 12.2. The molecule has 100 valence electrons. The molecule has 17 heavy (non-hydrogen) atoms. The third-order valence-corrected chi connectivity index (χ3v) is 4.41. The molecule has 1 heterocycles. The predicted octanol–water partition coefficient (Wildman–Crippen LogP) is 0.573. The number of amides is 1. The lowest BCUT2D eigenvalue weighted by atomic mass is 10.0. The van der Waals surface area contributed by atoms with Crippen LogP contribution in [0.25, 0.3) is 0 Å². The Hall–Kier alpha value is -0.620. The summed E-state index contributed by atoms with van der Waals surface area (Å²) in [6, 6.07) is -0.627. The second-order valence-electron chi connectivity index (χ2n) is 4.78. The van der Waals surface area contributed by atoms with Crippen LogP contribution in [0.4, 0.5) is 0 Å². The van der Waals surface area contributed by atoms with Gasteiger partial charge in [-0.25, -0.2) is 13.1 Å². The number of nitrogens with zero attached hydrogens (tertiary/aromatic N) is 1. The molecule has 0 saturated carbocycles. The van der Waals surface area contributed by atoms with Crippen LogP contribution in [0, 0.1) is 5.92 Å². The van der Waals surface area contributed by atoms with Crippen molar-refractivity contribution in [3.05, 3.63) is 0 Å². The van der Waals surface area contributed by atoms with Crippen molar-refractivity contribution in [3.63, 3.8) is 0 Å². The molecule has 0 unspecified atom stereocenters. The fourth-order valence-electron chi connectivity index (χ4n) is 1.88. The monoisotopic (exact) mass is 262 g/mol. The van der Waals surface area contributed by atoms with E-state index in [1.807, 2.05) is 13.8 Å². The van der Waals surface area contributed by atoms with Gasteiger partial charge in [-0.2, -0.15) is 0 Å². The minimum atomic E-state index is -3.34. The van der Waals surface area contributed by atoms with Gasteiger partial charge >= 0.3 is 0 Å². The first kappa shape index (κ1) is 14.4. The van der Waals surface area contributed by atoms with Crippen molar-refractivity contribution >= 4 is 15.9 Å². The Morgan fingerprint density at radius 3 is 2.24 bits per heavy atom. The predicted molar refractivity (Wildman–Crippen MR) is 67.0 cm³/mol. The molecule has 1 fully saturated rings. The minimum absolute atomic E-state index is 0.00347. The zero-order valence-electron chi connectivity index (χ0n) is 10.8. The summed E-state index contributed by atoms with van der Waals surface area (Å²) >= 11 is 0. The molecule has 0 aromatic carbocycles. The second-order valence-corrected chi connectivity index (χ2v) is 6.82. The molecule has 6 heteroatoms. The molecule has 1 amide bonds. The van der Waals surface area contributed by atoms with Crippen LogP contribution in [0.1, 0.15) is 33.6 Å². The second kappa shape index (κ2) is 5.82. The molecule has 0 radical (unpaired) electrons. The molecule has 0 aliphatic carbocycles. The molecule has 5 nitrogen and oxygen atoms in total. The van der Waals surface area contributed by atoms with Crippen molar-refractivity contribution in [2.24, 2.45) is 5.92 Å². The topological polar surface area (TPSA) is 66.5 Å². The first-order valence-corrected chi connectivity index (χ1v) is 7.81. The van der Waals surface area contributed by atoms with Gasteiger partial charge in [0.25, 0.3) is 0 Å². The fraction of sp³-hybridized carbons (Fsp3) is 0.909. The average molecular weight is 262 g/mol. The molecule has 0 bridgehead atoms. The summed E-state index contributed by atoms with van der Waals surface area (Å²) in [7, 11) is -3.34.